The largest absolute Gasteiger partial charge is 0.387 e. The summed E-state index contributed by atoms with van der Waals surface area (Å²) >= 11 is 0. The van der Waals surface area contributed by atoms with Crippen LogP contribution in [0.4, 0.5) is 10.3 Å². The predicted octanol–water partition coefficient (Wildman–Crippen LogP) is 5.00. The van der Waals surface area contributed by atoms with Gasteiger partial charge in [0.2, 0.25) is 5.78 Å². The number of piperazine rings is 1. The fraction of sp³-hybridized carbons (Fsp3) is 0.281. The molecule has 6 rings (SSSR count). The van der Waals surface area contributed by atoms with E-state index in [9.17, 15) is 9.18 Å². The van der Waals surface area contributed by atoms with Gasteiger partial charge in [-0.15, -0.1) is 0 Å². The number of aromatic amines is 1. The average molecular weight is 523 g/mol. The van der Waals surface area contributed by atoms with Crippen LogP contribution in [0.1, 0.15) is 41.8 Å². The minimum absolute atomic E-state index is 0.112. The molecule has 0 spiro atoms. The molecular formula is C32H33FN5O+. The van der Waals surface area contributed by atoms with E-state index in [1.165, 1.54) is 17.8 Å². The fourth-order valence-corrected chi connectivity index (χ4v) is 5.88. The third-order valence-corrected chi connectivity index (χ3v) is 7.67. The third kappa shape index (κ3) is 4.79. The number of H-pyrrole nitrogens is 1. The monoisotopic (exact) mass is 522 g/mol. The van der Waals surface area contributed by atoms with Crippen molar-refractivity contribution in [2.45, 2.75) is 20.3 Å². The van der Waals surface area contributed by atoms with E-state index >= 15 is 0 Å². The molecule has 0 bridgehead atoms. The Kier molecular flexibility index (Phi) is 6.61. The van der Waals surface area contributed by atoms with Crippen LogP contribution in [0.3, 0.4) is 0 Å². The van der Waals surface area contributed by atoms with Gasteiger partial charge in [-0.3, -0.25) is 15.4 Å². The van der Waals surface area contributed by atoms with Gasteiger partial charge >= 0.3 is 5.95 Å². The number of carbonyl (C=O) groups is 1. The van der Waals surface area contributed by atoms with Crippen molar-refractivity contribution in [1.29, 1.82) is 0 Å². The number of hydrogen-bond donors (Lipinski definition) is 1. The Balaban J connectivity index is 1.36. The Morgan fingerprint density at radius 1 is 1.00 bits per heavy atom. The molecule has 3 N–H and O–H groups in total. The van der Waals surface area contributed by atoms with Crippen molar-refractivity contribution < 1.29 is 14.2 Å². The Bertz CT molecular complexity index is 1530. The minimum Gasteiger partial charge on any atom is -0.372 e. The first-order valence-corrected chi connectivity index (χ1v) is 13.6. The number of ketones is 1. The summed E-state index contributed by atoms with van der Waals surface area (Å²) < 4.78 is 13.6. The zero-order valence-electron chi connectivity index (χ0n) is 22.4. The van der Waals surface area contributed by atoms with Crippen LogP contribution >= 0.6 is 0 Å². The van der Waals surface area contributed by atoms with Crippen LogP contribution in [0.25, 0.3) is 28.1 Å². The SMILES string of the molecule is CC(C)CN1CCN(C2=CC=C(c3cccc4c3-c3nc(N)[nH+]c(-c5ccc(F)cc5)c3C4=O)C=CC2)CC1. The zero-order chi connectivity index (χ0) is 27.1. The second-order valence-corrected chi connectivity index (χ2v) is 10.9. The highest BCUT2D eigenvalue weighted by Gasteiger charge is 2.37. The number of allylic oxidation sites excluding steroid dienone is 5. The molecule has 39 heavy (non-hydrogen) atoms. The van der Waals surface area contributed by atoms with Gasteiger partial charge in [-0.2, -0.15) is 0 Å². The van der Waals surface area contributed by atoms with E-state index < -0.39 is 0 Å². The van der Waals surface area contributed by atoms with Gasteiger partial charge in [-0.05, 0) is 47.4 Å². The molecule has 2 heterocycles. The third-order valence-electron chi connectivity index (χ3n) is 7.67. The predicted molar refractivity (Wildman–Crippen MR) is 152 cm³/mol. The first-order valence-electron chi connectivity index (χ1n) is 13.6. The van der Waals surface area contributed by atoms with Crippen LogP contribution < -0.4 is 10.7 Å². The van der Waals surface area contributed by atoms with Gasteiger partial charge in [-0.25, -0.2) is 9.37 Å². The van der Waals surface area contributed by atoms with Crippen LogP contribution in [-0.2, 0) is 0 Å². The van der Waals surface area contributed by atoms with Crippen LogP contribution in [0, 0.1) is 11.7 Å². The lowest BCUT2D eigenvalue weighted by atomic mass is 9.95. The molecule has 7 heteroatoms. The molecular weight excluding hydrogens is 489 g/mol. The van der Waals surface area contributed by atoms with Crippen molar-refractivity contribution in [2.24, 2.45) is 5.92 Å². The zero-order valence-corrected chi connectivity index (χ0v) is 22.4. The van der Waals surface area contributed by atoms with E-state index in [4.69, 9.17) is 5.73 Å². The van der Waals surface area contributed by atoms with E-state index in [1.54, 1.807) is 12.1 Å². The molecule has 2 aliphatic carbocycles. The van der Waals surface area contributed by atoms with Crippen LogP contribution in [-0.4, -0.2) is 53.3 Å². The molecule has 1 fully saturated rings. The van der Waals surface area contributed by atoms with Crippen molar-refractivity contribution in [2.75, 3.05) is 38.5 Å². The number of benzene rings is 2. The molecule has 0 amide bonds. The van der Waals surface area contributed by atoms with Crippen molar-refractivity contribution >= 4 is 17.3 Å². The highest BCUT2D eigenvalue weighted by Crippen LogP contribution is 2.43. The van der Waals surface area contributed by atoms with Crippen LogP contribution in [0.15, 0.2) is 72.5 Å². The second kappa shape index (κ2) is 10.2. The minimum atomic E-state index is -0.341. The van der Waals surface area contributed by atoms with Crippen LogP contribution in [0.5, 0.6) is 0 Å². The number of rotatable bonds is 5. The second-order valence-electron chi connectivity index (χ2n) is 10.9. The number of anilines is 1. The summed E-state index contributed by atoms with van der Waals surface area (Å²) in [5.74, 6) is 0.429. The van der Waals surface area contributed by atoms with Gasteiger partial charge in [0.15, 0.2) is 5.69 Å². The van der Waals surface area contributed by atoms with E-state index in [-0.39, 0.29) is 17.5 Å². The number of aromatic nitrogens is 2. The maximum Gasteiger partial charge on any atom is 0.387 e. The molecule has 1 aromatic heterocycles. The molecule has 0 saturated carbocycles. The summed E-state index contributed by atoms with van der Waals surface area (Å²) in [6, 6.07) is 11.8. The first kappa shape index (κ1) is 25.2. The van der Waals surface area contributed by atoms with E-state index in [2.05, 4.69) is 57.9 Å². The number of nitrogen functional groups attached to an aromatic ring is 1. The van der Waals surface area contributed by atoms with Gasteiger partial charge in [0.1, 0.15) is 17.1 Å². The number of nitrogens with one attached hydrogen (secondary N) is 1. The van der Waals surface area contributed by atoms with Gasteiger partial charge in [0.25, 0.3) is 0 Å². The lowest BCUT2D eigenvalue weighted by Crippen LogP contribution is -2.46. The Hall–Kier alpha value is -4.10. The quantitative estimate of drug-likeness (QED) is 0.399. The molecule has 0 unspecified atom stereocenters. The highest BCUT2D eigenvalue weighted by atomic mass is 19.1. The van der Waals surface area contributed by atoms with Crippen molar-refractivity contribution in [3.05, 3.63) is 95.0 Å². The van der Waals surface area contributed by atoms with Crippen molar-refractivity contribution in [1.82, 2.24) is 14.8 Å². The molecule has 3 aliphatic rings. The average Bonchev–Trinajstić information content (AvgIpc) is 3.06. The maximum atomic E-state index is 13.7. The number of halogens is 1. The topological polar surface area (TPSA) is 76.6 Å². The highest BCUT2D eigenvalue weighted by molar-refractivity contribution is 6.24. The van der Waals surface area contributed by atoms with Crippen molar-refractivity contribution in [3.63, 3.8) is 0 Å². The molecule has 198 valence electrons. The summed E-state index contributed by atoms with van der Waals surface area (Å²) in [6.45, 7) is 9.93. The standard InChI is InChI=1S/C32H32FN5O/c1-20(2)19-37-15-17-38(18-16-37)24-6-3-5-21(11-14-24)25-7-4-8-26-27(25)30-28(31(26)39)29(35-32(34)36-30)22-9-12-23(33)13-10-22/h3-5,7-14,20H,6,15-19H2,1-2H3,(H2,34,35,36)/p+1. The summed E-state index contributed by atoms with van der Waals surface area (Å²) in [5.41, 5.74) is 13.1. The Morgan fingerprint density at radius 2 is 1.74 bits per heavy atom. The number of nitrogens with two attached hydrogens (primary N) is 1. The van der Waals surface area contributed by atoms with Gasteiger partial charge < -0.3 is 4.90 Å². The number of fused-ring (bicyclic) bond motifs is 3. The molecule has 1 saturated heterocycles. The fourth-order valence-electron chi connectivity index (χ4n) is 5.88. The summed E-state index contributed by atoms with van der Waals surface area (Å²) in [7, 11) is 0. The lowest BCUT2D eigenvalue weighted by Gasteiger charge is -2.37. The molecule has 0 atom stereocenters. The first-order chi connectivity index (χ1) is 18.9. The smallest absolute Gasteiger partial charge is 0.372 e. The Labute approximate surface area is 228 Å². The van der Waals surface area contributed by atoms with E-state index in [1.807, 2.05) is 18.2 Å². The molecule has 0 radical (unpaired) electrons. The van der Waals surface area contributed by atoms with Crippen molar-refractivity contribution in [3.8, 4) is 22.5 Å². The Morgan fingerprint density at radius 3 is 2.49 bits per heavy atom. The molecule has 6 nitrogen and oxygen atoms in total. The van der Waals surface area contributed by atoms with Gasteiger partial charge in [-0.1, -0.05) is 55.3 Å². The normalized spacial score (nSPS) is 17.1. The van der Waals surface area contributed by atoms with E-state index in [0.717, 1.165) is 55.8 Å². The van der Waals surface area contributed by atoms with Gasteiger partial charge in [0.05, 0.1) is 0 Å². The van der Waals surface area contributed by atoms with E-state index in [0.29, 0.717) is 34.0 Å². The number of nitrogens with zero attached hydrogens (tertiary/aromatic N) is 3. The lowest BCUT2D eigenvalue weighted by molar-refractivity contribution is -0.350. The van der Waals surface area contributed by atoms with Crippen LogP contribution in [0.2, 0.25) is 0 Å². The number of carbonyl (C=O) groups excluding carboxylic acids is 1. The summed E-state index contributed by atoms with van der Waals surface area (Å²) in [5, 5.41) is 0. The molecule has 3 aromatic rings. The number of hydrogen-bond acceptors (Lipinski definition) is 5. The van der Waals surface area contributed by atoms with Gasteiger partial charge in [0, 0.05) is 61.5 Å². The summed E-state index contributed by atoms with van der Waals surface area (Å²) in [4.78, 5) is 26.4. The summed E-state index contributed by atoms with van der Waals surface area (Å²) in [6.07, 6.45) is 9.57. The maximum absolute atomic E-state index is 13.7. The molecule has 2 aromatic carbocycles. The molecule has 1 aliphatic heterocycles.